The van der Waals surface area contributed by atoms with Gasteiger partial charge in [-0.2, -0.15) is 0 Å². The number of aromatic amines is 1. The molecule has 86 valence electrons. The molecule has 0 saturated heterocycles. The summed E-state index contributed by atoms with van der Waals surface area (Å²) in [7, 11) is 1.22. The number of ether oxygens (including phenoxy) is 1. The molecule has 0 aliphatic rings. The quantitative estimate of drug-likeness (QED) is 0.688. The standard InChI is InChI=1S/C10H12N2O4/c1-6(10(15)16-2)12-9(14)7-5-11-4-3-8(7)13/h3-6H,1-2H3,(H,11,13)(H,12,14)/t6-/m0/s1. The molecule has 1 aromatic rings. The maximum Gasteiger partial charge on any atom is 0.328 e. The fourth-order valence-corrected chi connectivity index (χ4v) is 1.10. The highest BCUT2D eigenvalue weighted by atomic mass is 16.5. The number of esters is 1. The summed E-state index contributed by atoms with van der Waals surface area (Å²) in [6.45, 7) is 1.47. The number of methoxy groups -OCH3 is 1. The summed E-state index contributed by atoms with van der Waals surface area (Å²) in [6.07, 6.45) is 2.70. The van der Waals surface area contributed by atoms with E-state index in [4.69, 9.17) is 0 Å². The van der Waals surface area contributed by atoms with Crippen molar-refractivity contribution >= 4 is 11.9 Å². The Hall–Kier alpha value is -2.11. The minimum absolute atomic E-state index is 0.0433. The minimum Gasteiger partial charge on any atom is -0.467 e. The summed E-state index contributed by atoms with van der Waals surface area (Å²) < 4.78 is 4.44. The third-order valence-corrected chi connectivity index (χ3v) is 1.97. The number of rotatable bonds is 3. The van der Waals surface area contributed by atoms with E-state index >= 15 is 0 Å². The van der Waals surface area contributed by atoms with Crippen LogP contribution in [0.2, 0.25) is 0 Å². The molecule has 0 bridgehead atoms. The molecule has 0 aliphatic carbocycles. The second-order valence-electron chi connectivity index (χ2n) is 3.14. The lowest BCUT2D eigenvalue weighted by molar-refractivity contribution is -0.142. The molecule has 0 spiro atoms. The van der Waals surface area contributed by atoms with Crippen LogP contribution in [0.5, 0.6) is 0 Å². The van der Waals surface area contributed by atoms with Crippen LogP contribution in [0.25, 0.3) is 0 Å². The first-order valence-electron chi connectivity index (χ1n) is 4.62. The Labute approximate surface area is 91.6 Å². The molecule has 1 atom stereocenters. The number of nitrogens with one attached hydrogen (secondary N) is 2. The van der Waals surface area contributed by atoms with Gasteiger partial charge < -0.3 is 15.0 Å². The number of pyridine rings is 1. The van der Waals surface area contributed by atoms with Gasteiger partial charge in [0.05, 0.1) is 7.11 Å². The molecule has 1 rings (SSSR count). The van der Waals surface area contributed by atoms with Gasteiger partial charge >= 0.3 is 5.97 Å². The zero-order chi connectivity index (χ0) is 12.1. The maximum atomic E-state index is 11.6. The van der Waals surface area contributed by atoms with Gasteiger partial charge in [-0.25, -0.2) is 4.79 Å². The van der Waals surface area contributed by atoms with Crippen LogP contribution in [0.3, 0.4) is 0 Å². The molecular formula is C10H12N2O4. The lowest BCUT2D eigenvalue weighted by Gasteiger charge is -2.10. The zero-order valence-electron chi connectivity index (χ0n) is 8.94. The van der Waals surface area contributed by atoms with Crippen molar-refractivity contribution in [2.45, 2.75) is 13.0 Å². The minimum atomic E-state index is -0.794. The van der Waals surface area contributed by atoms with Crippen molar-refractivity contribution in [1.29, 1.82) is 0 Å². The molecule has 0 radical (unpaired) electrons. The van der Waals surface area contributed by atoms with Crippen molar-refractivity contribution in [2.24, 2.45) is 0 Å². The summed E-state index contributed by atoms with van der Waals surface area (Å²) in [5, 5.41) is 2.35. The zero-order valence-corrected chi connectivity index (χ0v) is 8.94. The first-order valence-corrected chi connectivity index (χ1v) is 4.62. The number of carbonyl (C=O) groups is 2. The molecule has 6 heteroatoms. The van der Waals surface area contributed by atoms with Crippen molar-refractivity contribution in [3.8, 4) is 0 Å². The Kier molecular flexibility index (Phi) is 3.82. The molecule has 0 fully saturated rings. The first kappa shape index (κ1) is 12.0. The first-order chi connectivity index (χ1) is 7.56. The van der Waals surface area contributed by atoms with Crippen LogP contribution in [-0.4, -0.2) is 30.0 Å². The summed E-state index contributed by atoms with van der Waals surface area (Å²) >= 11 is 0. The van der Waals surface area contributed by atoms with E-state index in [2.05, 4.69) is 15.0 Å². The SMILES string of the molecule is COC(=O)[C@H](C)NC(=O)c1c[nH]ccc1=O. The number of aromatic nitrogens is 1. The molecule has 0 unspecified atom stereocenters. The normalized spacial score (nSPS) is 11.6. The fourth-order valence-electron chi connectivity index (χ4n) is 1.10. The summed E-state index contributed by atoms with van der Waals surface area (Å²) in [5.74, 6) is -1.18. The molecule has 2 N–H and O–H groups in total. The average molecular weight is 224 g/mol. The Bertz CT molecular complexity index is 452. The average Bonchev–Trinajstić information content (AvgIpc) is 2.28. The predicted octanol–water partition coefficient (Wildman–Crippen LogP) is -0.334. The number of carbonyl (C=O) groups excluding carboxylic acids is 2. The Morgan fingerprint density at radius 3 is 2.75 bits per heavy atom. The molecule has 0 aliphatic heterocycles. The summed E-state index contributed by atoms with van der Waals surface area (Å²) in [6, 6.07) is 0.440. The maximum absolute atomic E-state index is 11.6. The fraction of sp³-hybridized carbons (Fsp3) is 0.300. The van der Waals surface area contributed by atoms with Gasteiger partial charge in [-0.15, -0.1) is 0 Å². The van der Waals surface area contributed by atoms with Crippen molar-refractivity contribution in [3.63, 3.8) is 0 Å². The monoisotopic (exact) mass is 224 g/mol. The van der Waals surface area contributed by atoms with Gasteiger partial charge in [0.2, 0.25) is 0 Å². The van der Waals surface area contributed by atoms with Gasteiger partial charge in [0.15, 0.2) is 5.43 Å². The van der Waals surface area contributed by atoms with E-state index in [0.717, 1.165) is 0 Å². The van der Waals surface area contributed by atoms with Crippen LogP contribution in [0, 0.1) is 0 Å². The van der Waals surface area contributed by atoms with E-state index in [9.17, 15) is 14.4 Å². The third kappa shape index (κ3) is 2.69. The van der Waals surface area contributed by atoms with E-state index in [1.807, 2.05) is 0 Å². The number of hydrogen-bond acceptors (Lipinski definition) is 4. The number of hydrogen-bond donors (Lipinski definition) is 2. The highest BCUT2D eigenvalue weighted by Crippen LogP contribution is 1.92. The number of H-pyrrole nitrogens is 1. The molecule has 0 aromatic carbocycles. The van der Waals surface area contributed by atoms with E-state index in [0.29, 0.717) is 0 Å². The van der Waals surface area contributed by atoms with E-state index in [1.54, 1.807) is 0 Å². The van der Waals surface area contributed by atoms with Gasteiger partial charge in [-0.05, 0) is 6.92 Å². The van der Waals surface area contributed by atoms with Crippen LogP contribution in [0.4, 0.5) is 0 Å². The summed E-state index contributed by atoms with van der Waals surface area (Å²) in [4.78, 5) is 36.5. The van der Waals surface area contributed by atoms with Crippen LogP contribution in [0.15, 0.2) is 23.3 Å². The van der Waals surface area contributed by atoms with Gasteiger partial charge in [0.1, 0.15) is 11.6 Å². The molecule has 16 heavy (non-hydrogen) atoms. The Morgan fingerprint density at radius 1 is 1.50 bits per heavy atom. The van der Waals surface area contributed by atoms with Crippen LogP contribution < -0.4 is 10.7 Å². The summed E-state index contributed by atoms with van der Waals surface area (Å²) in [5.41, 5.74) is -0.452. The molecule has 1 amide bonds. The largest absolute Gasteiger partial charge is 0.467 e. The second-order valence-corrected chi connectivity index (χ2v) is 3.14. The lowest BCUT2D eigenvalue weighted by atomic mass is 10.2. The number of amides is 1. The van der Waals surface area contributed by atoms with Crippen LogP contribution >= 0.6 is 0 Å². The van der Waals surface area contributed by atoms with E-state index in [1.165, 1.54) is 32.5 Å². The molecular weight excluding hydrogens is 212 g/mol. The van der Waals surface area contributed by atoms with Gasteiger partial charge in [0, 0.05) is 18.5 Å². The second kappa shape index (κ2) is 5.11. The Balaban J connectivity index is 2.78. The molecule has 0 saturated carbocycles. The van der Waals surface area contributed by atoms with Crippen molar-refractivity contribution < 1.29 is 14.3 Å². The van der Waals surface area contributed by atoms with E-state index < -0.39 is 23.3 Å². The topological polar surface area (TPSA) is 88.3 Å². The van der Waals surface area contributed by atoms with Gasteiger partial charge in [0.25, 0.3) is 5.91 Å². The Morgan fingerprint density at radius 2 is 2.19 bits per heavy atom. The van der Waals surface area contributed by atoms with Gasteiger partial charge in [-0.1, -0.05) is 0 Å². The van der Waals surface area contributed by atoms with Crippen LogP contribution in [0.1, 0.15) is 17.3 Å². The smallest absolute Gasteiger partial charge is 0.328 e. The van der Waals surface area contributed by atoms with E-state index in [-0.39, 0.29) is 5.56 Å². The molecule has 1 heterocycles. The van der Waals surface area contributed by atoms with Crippen molar-refractivity contribution in [1.82, 2.24) is 10.3 Å². The molecule has 1 aromatic heterocycles. The lowest BCUT2D eigenvalue weighted by Crippen LogP contribution is -2.40. The predicted molar refractivity (Wildman–Crippen MR) is 56.0 cm³/mol. The van der Waals surface area contributed by atoms with Gasteiger partial charge in [-0.3, -0.25) is 9.59 Å². The highest BCUT2D eigenvalue weighted by molar-refractivity contribution is 5.96. The van der Waals surface area contributed by atoms with Crippen LogP contribution in [-0.2, 0) is 9.53 Å². The highest BCUT2D eigenvalue weighted by Gasteiger charge is 2.18. The third-order valence-electron chi connectivity index (χ3n) is 1.97. The molecule has 6 nitrogen and oxygen atoms in total. The van der Waals surface area contributed by atoms with Crippen molar-refractivity contribution in [3.05, 3.63) is 34.2 Å². The van der Waals surface area contributed by atoms with Crippen molar-refractivity contribution in [2.75, 3.05) is 7.11 Å².